The molecule has 0 aliphatic rings. The molecule has 0 amide bonds. The lowest BCUT2D eigenvalue weighted by Gasteiger charge is -2.24. The first-order valence-corrected chi connectivity index (χ1v) is 8.16. The third-order valence-corrected chi connectivity index (χ3v) is 4.05. The van der Waals surface area contributed by atoms with Crippen LogP contribution in [-0.2, 0) is 0 Å². The summed E-state index contributed by atoms with van der Waals surface area (Å²) in [5.41, 5.74) is 1.46. The maximum absolute atomic E-state index is 13.7. The van der Waals surface area contributed by atoms with Crippen LogP contribution in [0.3, 0.4) is 0 Å². The molecule has 0 unspecified atom stereocenters. The Morgan fingerprint density at radius 2 is 1.83 bits per heavy atom. The van der Waals surface area contributed by atoms with Crippen LogP contribution in [0.5, 0.6) is 5.75 Å². The highest BCUT2D eigenvalue weighted by atomic mass is 32.1. The molecule has 6 heteroatoms. The first-order chi connectivity index (χ1) is 11.5. The molecule has 0 aliphatic heterocycles. The van der Waals surface area contributed by atoms with Crippen molar-refractivity contribution in [3.63, 3.8) is 0 Å². The predicted molar refractivity (Wildman–Crippen MR) is 99.2 cm³/mol. The Labute approximate surface area is 147 Å². The second-order valence-corrected chi connectivity index (χ2v) is 6.10. The third kappa shape index (κ3) is 4.66. The van der Waals surface area contributed by atoms with E-state index in [1.165, 1.54) is 11.0 Å². The molecule has 2 aromatic carbocycles. The lowest BCUT2D eigenvalue weighted by molar-refractivity contribution is -0.890. The van der Waals surface area contributed by atoms with Gasteiger partial charge in [-0.15, -0.1) is 0 Å². The molecule has 4 nitrogen and oxygen atoms in total. The summed E-state index contributed by atoms with van der Waals surface area (Å²) in [6.45, 7) is 0.600. The summed E-state index contributed by atoms with van der Waals surface area (Å²) >= 11 is 5.28. The lowest BCUT2D eigenvalue weighted by Crippen LogP contribution is -3.07. The number of hydrogen-bond acceptors (Lipinski definition) is 2. The molecule has 24 heavy (non-hydrogen) atoms. The second-order valence-electron chi connectivity index (χ2n) is 5.69. The maximum Gasteiger partial charge on any atom is 0.171 e. The van der Waals surface area contributed by atoms with E-state index < -0.39 is 0 Å². The molecule has 0 aliphatic carbocycles. The number of rotatable bonds is 6. The van der Waals surface area contributed by atoms with E-state index in [0.29, 0.717) is 17.3 Å². The van der Waals surface area contributed by atoms with Crippen LogP contribution in [0.15, 0.2) is 48.5 Å². The molecule has 0 heterocycles. The topological polar surface area (TPSA) is 37.7 Å². The summed E-state index contributed by atoms with van der Waals surface area (Å²) in [6, 6.07) is 14.5. The highest BCUT2D eigenvalue weighted by Crippen LogP contribution is 2.22. The van der Waals surface area contributed by atoms with Gasteiger partial charge in [0.25, 0.3) is 0 Å². The van der Waals surface area contributed by atoms with Gasteiger partial charge in [-0.25, -0.2) is 4.39 Å². The minimum atomic E-state index is -0.332. The molecule has 0 saturated carbocycles. The minimum Gasteiger partial charge on any atom is -0.496 e. The number of nitrogens with one attached hydrogen (secondary N) is 3. The van der Waals surface area contributed by atoms with Gasteiger partial charge in [0, 0.05) is 0 Å². The highest BCUT2D eigenvalue weighted by Gasteiger charge is 2.21. The zero-order valence-corrected chi connectivity index (χ0v) is 14.9. The van der Waals surface area contributed by atoms with E-state index in [4.69, 9.17) is 17.0 Å². The highest BCUT2D eigenvalue weighted by molar-refractivity contribution is 7.80. The van der Waals surface area contributed by atoms with Crippen molar-refractivity contribution in [3.05, 3.63) is 59.9 Å². The number of likely N-dealkylation sites (N-methyl/N-ethyl adjacent to an activating group) is 1. The molecule has 0 aromatic heterocycles. The van der Waals surface area contributed by atoms with Crippen LogP contribution < -0.4 is 20.3 Å². The number of hydrogen-bond donors (Lipinski definition) is 3. The van der Waals surface area contributed by atoms with Crippen LogP contribution in [0.25, 0.3) is 0 Å². The van der Waals surface area contributed by atoms with Crippen molar-refractivity contribution in [2.24, 2.45) is 0 Å². The van der Waals surface area contributed by atoms with Crippen molar-refractivity contribution in [2.45, 2.75) is 6.04 Å². The van der Waals surface area contributed by atoms with Crippen LogP contribution >= 0.6 is 12.2 Å². The molecule has 0 fully saturated rings. The van der Waals surface area contributed by atoms with Crippen molar-refractivity contribution < 1.29 is 14.0 Å². The molecule has 128 valence electrons. The Balaban J connectivity index is 2.04. The maximum atomic E-state index is 13.7. The van der Waals surface area contributed by atoms with Crippen molar-refractivity contribution in [2.75, 3.05) is 33.1 Å². The van der Waals surface area contributed by atoms with Crippen LogP contribution in [0.4, 0.5) is 10.1 Å². The average molecular weight is 348 g/mol. The molecule has 2 aromatic rings. The van der Waals surface area contributed by atoms with E-state index in [0.717, 1.165) is 11.3 Å². The molecule has 0 bridgehead atoms. The second kappa shape index (κ2) is 8.61. The van der Waals surface area contributed by atoms with E-state index in [-0.39, 0.29) is 11.9 Å². The number of quaternary nitrogens is 1. The Bertz CT molecular complexity index is 693. The van der Waals surface area contributed by atoms with Gasteiger partial charge in [-0.1, -0.05) is 24.3 Å². The standard InChI is InChI=1S/C18H22FN3OS/c1-22(2)16(13-8-4-7-11-17(13)23-3)12-20-18(24)21-15-10-6-5-9-14(15)19/h4-11,16H,12H2,1-3H3,(H2,20,21,24)/p+1/t16-/m1/s1. The van der Waals surface area contributed by atoms with Gasteiger partial charge in [0.15, 0.2) is 5.11 Å². The predicted octanol–water partition coefficient (Wildman–Crippen LogP) is 2.01. The van der Waals surface area contributed by atoms with Crippen molar-refractivity contribution in [1.29, 1.82) is 0 Å². The van der Waals surface area contributed by atoms with Gasteiger partial charge in [0.1, 0.15) is 17.6 Å². The number of thiocarbonyl (C=S) groups is 1. The fourth-order valence-electron chi connectivity index (χ4n) is 2.50. The van der Waals surface area contributed by atoms with E-state index in [2.05, 4.69) is 24.7 Å². The van der Waals surface area contributed by atoms with Gasteiger partial charge < -0.3 is 20.3 Å². The number of benzene rings is 2. The fourth-order valence-corrected chi connectivity index (χ4v) is 2.70. The molecule has 0 saturated heterocycles. The first kappa shape index (κ1) is 18.2. The number of anilines is 1. The van der Waals surface area contributed by atoms with Gasteiger partial charge in [-0.3, -0.25) is 0 Å². The van der Waals surface area contributed by atoms with Gasteiger partial charge in [-0.05, 0) is 36.5 Å². The molecule has 3 N–H and O–H groups in total. The van der Waals surface area contributed by atoms with E-state index in [9.17, 15) is 4.39 Å². The molecule has 1 atom stereocenters. The van der Waals surface area contributed by atoms with Crippen LogP contribution in [-0.4, -0.2) is 32.9 Å². The largest absolute Gasteiger partial charge is 0.496 e. The van der Waals surface area contributed by atoms with Crippen molar-refractivity contribution in [1.82, 2.24) is 5.32 Å². The number of methoxy groups -OCH3 is 1. The Hall–Kier alpha value is -2.18. The summed E-state index contributed by atoms with van der Waals surface area (Å²) in [4.78, 5) is 1.24. The van der Waals surface area contributed by atoms with Crippen LogP contribution in [0.1, 0.15) is 11.6 Å². The summed E-state index contributed by atoms with van der Waals surface area (Å²) in [7, 11) is 5.82. The van der Waals surface area contributed by atoms with E-state index in [1.54, 1.807) is 25.3 Å². The smallest absolute Gasteiger partial charge is 0.171 e. The van der Waals surface area contributed by atoms with Crippen LogP contribution in [0, 0.1) is 5.82 Å². The quantitative estimate of drug-likeness (QED) is 0.698. The lowest BCUT2D eigenvalue weighted by atomic mass is 10.0. The average Bonchev–Trinajstić information content (AvgIpc) is 2.57. The molecule has 2 rings (SSSR count). The van der Waals surface area contributed by atoms with Gasteiger partial charge in [0.05, 0.1) is 39.0 Å². The normalized spacial score (nSPS) is 11.9. The zero-order chi connectivity index (χ0) is 17.5. The fraction of sp³-hybridized carbons (Fsp3) is 0.278. The number of para-hydroxylation sites is 2. The zero-order valence-electron chi connectivity index (χ0n) is 14.1. The SMILES string of the molecule is COc1ccccc1[C@@H](CNC(=S)Nc1ccccc1F)[NH+](C)C. The van der Waals surface area contributed by atoms with Crippen molar-refractivity contribution >= 4 is 23.0 Å². The summed E-state index contributed by atoms with van der Waals surface area (Å²) in [5.74, 6) is 0.514. The molecule has 0 radical (unpaired) electrons. The monoisotopic (exact) mass is 348 g/mol. The Morgan fingerprint density at radius 1 is 1.17 bits per heavy atom. The summed E-state index contributed by atoms with van der Waals surface area (Å²) in [6.07, 6.45) is 0. The molecule has 0 spiro atoms. The summed E-state index contributed by atoms with van der Waals surface area (Å²) < 4.78 is 19.1. The Kier molecular flexibility index (Phi) is 6.52. The first-order valence-electron chi connectivity index (χ1n) is 7.75. The van der Waals surface area contributed by atoms with Crippen LogP contribution in [0.2, 0.25) is 0 Å². The summed E-state index contributed by atoms with van der Waals surface area (Å²) in [5, 5.41) is 6.45. The van der Waals surface area contributed by atoms with E-state index in [1.807, 2.05) is 24.3 Å². The van der Waals surface area contributed by atoms with Crippen molar-refractivity contribution in [3.8, 4) is 5.75 Å². The molecular formula is C18H23FN3OS+. The van der Waals surface area contributed by atoms with Gasteiger partial charge >= 0.3 is 0 Å². The molecular weight excluding hydrogens is 325 g/mol. The Morgan fingerprint density at radius 3 is 2.50 bits per heavy atom. The van der Waals surface area contributed by atoms with Gasteiger partial charge in [0.2, 0.25) is 0 Å². The minimum absolute atomic E-state index is 0.140. The number of halogens is 1. The van der Waals surface area contributed by atoms with Gasteiger partial charge in [-0.2, -0.15) is 0 Å². The number of ether oxygens (including phenoxy) is 1. The van der Waals surface area contributed by atoms with E-state index >= 15 is 0 Å². The third-order valence-electron chi connectivity index (χ3n) is 3.80.